The number of hydrogen-bond acceptors (Lipinski definition) is 5. The van der Waals surface area contributed by atoms with Crippen molar-refractivity contribution in [1.82, 2.24) is 9.97 Å². The summed E-state index contributed by atoms with van der Waals surface area (Å²) in [5.74, 6) is 0.622. The highest BCUT2D eigenvalue weighted by molar-refractivity contribution is 6.02. The predicted molar refractivity (Wildman–Crippen MR) is 78.9 cm³/mol. The fourth-order valence-electron chi connectivity index (χ4n) is 2.90. The van der Waals surface area contributed by atoms with E-state index in [1.807, 2.05) is 6.07 Å². The first-order valence-electron chi connectivity index (χ1n) is 7.34. The molecular formula is C16H15N3O3. The van der Waals surface area contributed by atoms with Gasteiger partial charge in [0.1, 0.15) is 5.69 Å². The van der Waals surface area contributed by atoms with Gasteiger partial charge in [0.25, 0.3) is 11.7 Å². The number of ether oxygens (including phenoxy) is 2. The van der Waals surface area contributed by atoms with Crippen molar-refractivity contribution in [3.63, 3.8) is 0 Å². The summed E-state index contributed by atoms with van der Waals surface area (Å²) in [5, 5.41) is 2.79. The van der Waals surface area contributed by atoms with E-state index in [9.17, 15) is 4.79 Å². The van der Waals surface area contributed by atoms with Crippen LogP contribution < -0.4 is 14.8 Å². The zero-order valence-corrected chi connectivity index (χ0v) is 11.9. The molecule has 6 nitrogen and oxygen atoms in total. The molecule has 0 bridgehead atoms. The summed E-state index contributed by atoms with van der Waals surface area (Å²) >= 11 is 0. The Morgan fingerprint density at radius 1 is 1.14 bits per heavy atom. The van der Waals surface area contributed by atoms with Crippen LogP contribution in [0.1, 0.15) is 36.2 Å². The van der Waals surface area contributed by atoms with E-state index in [4.69, 9.17) is 9.47 Å². The van der Waals surface area contributed by atoms with Crippen LogP contribution in [0.15, 0.2) is 36.8 Å². The Kier molecular flexibility index (Phi) is 2.96. The standard InChI is InChI=1S/C16H15N3O3/c20-15(12-10-17-7-8-18-12)19-11-3-4-13-14(9-11)22-16(21-13)5-1-2-6-16/h3-4,7-10H,1-2,5-6H2,(H,19,20). The lowest BCUT2D eigenvalue weighted by Gasteiger charge is -2.21. The summed E-state index contributed by atoms with van der Waals surface area (Å²) in [7, 11) is 0. The number of fused-ring (bicyclic) bond motifs is 1. The van der Waals surface area contributed by atoms with E-state index in [0.717, 1.165) is 31.4 Å². The molecule has 0 radical (unpaired) electrons. The fourth-order valence-corrected chi connectivity index (χ4v) is 2.90. The lowest BCUT2D eigenvalue weighted by atomic mass is 10.2. The van der Waals surface area contributed by atoms with Crippen LogP contribution in [0.3, 0.4) is 0 Å². The second kappa shape index (κ2) is 4.98. The second-order valence-electron chi connectivity index (χ2n) is 5.53. The first-order valence-corrected chi connectivity index (χ1v) is 7.34. The number of rotatable bonds is 2. The number of amides is 1. The molecule has 1 amide bonds. The van der Waals surface area contributed by atoms with E-state index in [0.29, 0.717) is 11.4 Å². The molecule has 0 unspecified atom stereocenters. The minimum atomic E-state index is -0.490. The molecule has 1 aromatic carbocycles. The number of nitrogens with zero attached hydrogens (tertiary/aromatic N) is 2. The van der Waals surface area contributed by atoms with E-state index in [2.05, 4.69) is 15.3 Å². The van der Waals surface area contributed by atoms with Gasteiger partial charge < -0.3 is 14.8 Å². The molecule has 1 aliphatic carbocycles. The van der Waals surface area contributed by atoms with E-state index in [1.54, 1.807) is 12.1 Å². The van der Waals surface area contributed by atoms with Gasteiger partial charge in [0.05, 0.1) is 6.20 Å². The van der Waals surface area contributed by atoms with Gasteiger partial charge in [0.2, 0.25) is 0 Å². The lowest BCUT2D eigenvalue weighted by molar-refractivity contribution is -0.0716. The zero-order valence-electron chi connectivity index (χ0n) is 11.9. The molecule has 1 N–H and O–H groups in total. The molecule has 0 saturated heterocycles. The Bertz CT molecular complexity index is 712. The minimum Gasteiger partial charge on any atom is -0.448 e. The molecule has 1 aliphatic heterocycles. The van der Waals surface area contributed by atoms with Gasteiger partial charge >= 0.3 is 0 Å². The van der Waals surface area contributed by atoms with E-state index >= 15 is 0 Å². The quantitative estimate of drug-likeness (QED) is 0.922. The molecule has 112 valence electrons. The third kappa shape index (κ3) is 2.26. The molecular weight excluding hydrogens is 282 g/mol. The van der Waals surface area contributed by atoms with Crippen molar-refractivity contribution in [3.8, 4) is 11.5 Å². The molecule has 4 rings (SSSR count). The van der Waals surface area contributed by atoms with Crippen LogP contribution in [-0.2, 0) is 0 Å². The van der Waals surface area contributed by atoms with Crippen molar-refractivity contribution in [3.05, 3.63) is 42.5 Å². The predicted octanol–water partition coefficient (Wildman–Crippen LogP) is 2.77. The highest BCUT2D eigenvalue weighted by Gasteiger charge is 2.44. The Labute approximate surface area is 127 Å². The first kappa shape index (κ1) is 13.1. The number of aromatic nitrogens is 2. The van der Waals surface area contributed by atoms with Crippen molar-refractivity contribution < 1.29 is 14.3 Å². The number of carbonyl (C=O) groups excluding carboxylic acids is 1. The van der Waals surface area contributed by atoms with Gasteiger partial charge in [0.15, 0.2) is 11.5 Å². The summed E-state index contributed by atoms with van der Waals surface area (Å²) < 4.78 is 11.9. The first-order chi connectivity index (χ1) is 10.7. The fraction of sp³-hybridized carbons (Fsp3) is 0.312. The second-order valence-corrected chi connectivity index (χ2v) is 5.53. The summed E-state index contributed by atoms with van der Waals surface area (Å²) in [6.45, 7) is 0. The summed E-state index contributed by atoms with van der Waals surface area (Å²) in [6, 6.07) is 5.41. The average Bonchev–Trinajstić information content (AvgIpc) is 3.14. The Balaban J connectivity index is 1.53. The van der Waals surface area contributed by atoms with Crippen molar-refractivity contribution in [2.75, 3.05) is 5.32 Å². The maximum Gasteiger partial charge on any atom is 0.275 e. The number of anilines is 1. The molecule has 2 heterocycles. The van der Waals surface area contributed by atoms with Crippen LogP contribution in [0, 0.1) is 0 Å². The Morgan fingerprint density at radius 2 is 1.95 bits per heavy atom. The SMILES string of the molecule is O=C(Nc1ccc2c(c1)OC1(CCCC1)O2)c1cnccn1. The monoisotopic (exact) mass is 297 g/mol. The molecule has 1 aromatic heterocycles. The van der Waals surface area contributed by atoms with Gasteiger partial charge in [-0.25, -0.2) is 4.98 Å². The Morgan fingerprint density at radius 3 is 2.73 bits per heavy atom. The van der Waals surface area contributed by atoms with Crippen LogP contribution in [0.25, 0.3) is 0 Å². The Hall–Kier alpha value is -2.63. The van der Waals surface area contributed by atoms with Gasteiger partial charge in [-0.1, -0.05) is 0 Å². The summed E-state index contributed by atoms with van der Waals surface area (Å²) in [6.07, 6.45) is 8.48. The average molecular weight is 297 g/mol. The van der Waals surface area contributed by atoms with Crippen molar-refractivity contribution in [2.45, 2.75) is 31.5 Å². The van der Waals surface area contributed by atoms with Crippen molar-refractivity contribution in [2.24, 2.45) is 0 Å². The third-order valence-corrected chi connectivity index (χ3v) is 3.95. The van der Waals surface area contributed by atoms with E-state index in [1.165, 1.54) is 18.6 Å². The topological polar surface area (TPSA) is 73.3 Å². The molecule has 1 saturated carbocycles. The van der Waals surface area contributed by atoms with Crippen LogP contribution in [0.2, 0.25) is 0 Å². The lowest BCUT2D eigenvalue weighted by Crippen LogP contribution is -2.34. The van der Waals surface area contributed by atoms with Gasteiger partial charge in [-0.3, -0.25) is 9.78 Å². The number of benzene rings is 1. The summed E-state index contributed by atoms with van der Waals surface area (Å²) in [5.41, 5.74) is 0.917. The molecule has 6 heteroatoms. The number of carbonyl (C=O) groups is 1. The molecule has 22 heavy (non-hydrogen) atoms. The maximum atomic E-state index is 12.1. The highest BCUT2D eigenvalue weighted by Crippen LogP contribution is 2.47. The van der Waals surface area contributed by atoms with Gasteiger partial charge in [-0.05, 0) is 25.0 Å². The summed E-state index contributed by atoms with van der Waals surface area (Å²) in [4.78, 5) is 19.9. The third-order valence-electron chi connectivity index (χ3n) is 3.95. The molecule has 2 aromatic rings. The number of nitrogens with one attached hydrogen (secondary N) is 1. The van der Waals surface area contributed by atoms with Crippen LogP contribution in [0.5, 0.6) is 11.5 Å². The molecule has 2 aliphatic rings. The van der Waals surface area contributed by atoms with Gasteiger partial charge in [-0.15, -0.1) is 0 Å². The minimum absolute atomic E-state index is 0.271. The van der Waals surface area contributed by atoms with Gasteiger partial charge in [0, 0.05) is 37.0 Å². The zero-order chi connectivity index (χ0) is 15.0. The number of hydrogen-bond donors (Lipinski definition) is 1. The van der Waals surface area contributed by atoms with E-state index < -0.39 is 5.79 Å². The maximum absolute atomic E-state index is 12.1. The van der Waals surface area contributed by atoms with Crippen molar-refractivity contribution in [1.29, 1.82) is 0 Å². The molecule has 1 fully saturated rings. The highest BCUT2D eigenvalue weighted by atomic mass is 16.7. The molecule has 0 atom stereocenters. The van der Waals surface area contributed by atoms with Crippen LogP contribution >= 0.6 is 0 Å². The van der Waals surface area contributed by atoms with Crippen LogP contribution in [-0.4, -0.2) is 21.7 Å². The smallest absolute Gasteiger partial charge is 0.275 e. The molecule has 1 spiro atoms. The normalized spacial score (nSPS) is 17.6. The van der Waals surface area contributed by atoms with Crippen LogP contribution in [0.4, 0.5) is 5.69 Å². The largest absolute Gasteiger partial charge is 0.448 e. The van der Waals surface area contributed by atoms with Gasteiger partial charge in [-0.2, -0.15) is 0 Å². The van der Waals surface area contributed by atoms with E-state index in [-0.39, 0.29) is 11.6 Å². The van der Waals surface area contributed by atoms with Crippen molar-refractivity contribution >= 4 is 11.6 Å².